The summed E-state index contributed by atoms with van der Waals surface area (Å²) in [5.74, 6) is -0.591. The van der Waals surface area contributed by atoms with E-state index in [1.807, 2.05) is 0 Å². The van der Waals surface area contributed by atoms with Crippen molar-refractivity contribution in [2.45, 2.75) is 37.0 Å². The van der Waals surface area contributed by atoms with Crippen molar-refractivity contribution in [2.75, 3.05) is 32.7 Å². The van der Waals surface area contributed by atoms with Gasteiger partial charge in [-0.1, -0.05) is 24.1 Å². The molecular formula is C20H28ClN3O5S2. The van der Waals surface area contributed by atoms with Crippen LogP contribution in [0.5, 0.6) is 0 Å². The highest BCUT2D eigenvalue weighted by molar-refractivity contribution is 7.94. The number of amides is 1. The van der Waals surface area contributed by atoms with Crippen LogP contribution in [0.4, 0.5) is 0 Å². The van der Waals surface area contributed by atoms with Crippen molar-refractivity contribution < 1.29 is 21.6 Å². The first-order valence-corrected chi connectivity index (χ1v) is 13.7. The summed E-state index contributed by atoms with van der Waals surface area (Å²) in [4.78, 5) is 12.6. The van der Waals surface area contributed by atoms with Crippen LogP contribution in [0.15, 0.2) is 40.6 Å². The Bertz CT molecular complexity index is 1000. The monoisotopic (exact) mass is 489 g/mol. The first-order valence-electron chi connectivity index (χ1n) is 10.4. The van der Waals surface area contributed by atoms with Crippen LogP contribution in [0.3, 0.4) is 0 Å². The standard InChI is InChI=1S/C20H28ClN3O5S2/c21-18-6-8-19(9-7-18)30(26,27)15-5-2-11-22-20(25)17-10-14-24(16-17)31(28,29)23-12-3-1-4-13-23/h5-9,15,17H,1-4,10-14,16H2,(H,22,25)/b15-5+/t17-/m0/s1. The Hall–Kier alpha value is -1.46. The second-order valence-corrected chi connectivity index (χ2v) is 12.0. The lowest BCUT2D eigenvalue weighted by molar-refractivity contribution is -0.124. The molecule has 0 saturated carbocycles. The van der Waals surface area contributed by atoms with E-state index in [9.17, 15) is 21.6 Å². The first kappa shape index (κ1) is 24.2. The minimum atomic E-state index is -3.56. The van der Waals surface area contributed by atoms with Gasteiger partial charge in [-0.2, -0.15) is 17.0 Å². The highest BCUT2D eigenvalue weighted by Gasteiger charge is 2.38. The van der Waals surface area contributed by atoms with E-state index in [1.165, 1.54) is 39.0 Å². The molecule has 1 amide bonds. The van der Waals surface area contributed by atoms with E-state index >= 15 is 0 Å². The van der Waals surface area contributed by atoms with Crippen LogP contribution in [0.1, 0.15) is 32.1 Å². The van der Waals surface area contributed by atoms with Crippen LogP contribution in [-0.2, 0) is 24.8 Å². The number of piperidine rings is 1. The highest BCUT2D eigenvalue weighted by atomic mass is 35.5. The van der Waals surface area contributed by atoms with Crippen molar-refractivity contribution in [2.24, 2.45) is 5.92 Å². The topological polar surface area (TPSA) is 104 Å². The molecule has 0 aliphatic carbocycles. The van der Waals surface area contributed by atoms with E-state index in [4.69, 9.17) is 11.6 Å². The third-order valence-electron chi connectivity index (χ3n) is 5.52. The maximum absolute atomic E-state index is 12.7. The molecule has 1 aromatic rings. The van der Waals surface area contributed by atoms with Gasteiger partial charge in [0.05, 0.1) is 10.8 Å². The maximum atomic E-state index is 12.7. The van der Waals surface area contributed by atoms with Gasteiger partial charge in [0.25, 0.3) is 10.2 Å². The van der Waals surface area contributed by atoms with Gasteiger partial charge in [-0.05, 0) is 49.9 Å². The van der Waals surface area contributed by atoms with Gasteiger partial charge in [-0.25, -0.2) is 8.42 Å². The number of rotatable bonds is 8. The summed E-state index contributed by atoms with van der Waals surface area (Å²) in [6, 6.07) is 5.90. The van der Waals surface area contributed by atoms with Crippen molar-refractivity contribution in [3.8, 4) is 0 Å². The molecule has 31 heavy (non-hydrogen) atoms. The molecule has 2 fully saturated rings. The van der Waals surface area contributed by atoms with E-state index in [0.717, 1.165) is 24.7 Å². The number of nitrogens with zero attached hydrogens (tertiary/aromatic N) is 2. The molecule has 2 heterocycles. The van der Waals surface area contributed by atoms with Crippen LogP contribution < -0.4 is 5.32 Å². The summed E-state index contributed by atoms with van der Waals surface area (Å²) in [5.41, 5.74) is 0. The Labute approximate surface area is 189 Å². The molecule has 0 radical (unpaired) electrons. The Morgan fingerprint density at radius 2 is 1.71 bits per heavy atom. The maximum Gasteiger partial charge on any atom is 0.281 e. The van der Waals surface area contributed by atoms with Crippen LogP contribution in [0, 0.1) is 5.92 Å². The number of halogens is 1. The second-order valence-electron chi connectivity index (χ2n) is 7.76. The van der Waals surface area contributed by atoms with Gasteiger partial charge in [0.1, 0.15) is 0 Å². The summed E-state index contributed by atoms with van der Waals surface area (Å²) in [7, 11) is -7.06. The Kier molecular flexibility index (Phi) is 8.14. The predicted molar refractivity (Wildman–Crippen MR) is 119 cm³/mol. The summed E-state index contributed by atoms with van der Waals surface area (Å²) in [6.45, 7) is 1.89. The van der Waals surface area contributed by atoms with Gasteiger partial charge >= 0.3 is 0 Å². The van der Waals surface area contributed by atoms with Gasteiger partial charge in [-0.15, -0.1) is 0 Å². The molecule has 11 heteroatoms. The molecule has 0 spiro atoms. The zero-order chi connectivity index (χ0) is 22.5. The smallest absolute Gasteiger partial charge is 0.281 e. The summed E-state index contributed by atoms with van der Waals surface area (Å²) in [6.07, 6.45) is 5.12. The number of hydrogen-bond acceptors (Lipinski definition) is 5. The van der Waals surface area contributed by atoms with Gasteiger partial charge in [0.2, 0.25) is 5.91 Å². The average molecular weight is 490 g/mol. The number of hydrogen-bond donors (Lipinski definition) is 1. The van der Waals surface area contributed by atoms with Gasteiger partial charge in [0, 0.05) is 43.2 Å². The minimum absolute atomic E-state index is 0.151. The molecule has 1 N–H and O–H groups in total. The summed E-state index contributed by atoms with van der Waals surface area (Å²) < 4.78 is 52.8. The molecule has 3 rings (SSSR count). The third kappa shape index (κ3) is 6.29. The van der Waals surface area contributed by atoms with Gasteiger partial charge < -0.3 is 5.32 Å². The van der Waals surface area contributed by atoms with Crippen LogP contribution in [0.2, 0.25) is 5.02 Å². The van der Waals surface area contributed by atoms with Crippen LogP contribution >= 0.6 is 11.6 Å². The molecule has 0 unspecified atom stereocenters. The van der Waals surface area contributed by atoms with Crippen LogP contribution in [-0.4, -0.2) is 64.1 Å². The minimum Gasteiger partial charge on any atom is -0.356 e. The lowest BCUT2D eigenvalue weighted by atomic mass is 10.1. The second kappa shape index (κ2) is 10.4. The highest BCUT2D eigenvalue weighted by Crippen LogP contribution is 2.24. The fourth-order valence-corrected chi connectivity index (χ4v) is 6.67. The molecule has 0 aromatic heterocycles. The number of benzene rings is 1. The van der Waals surface area contributed by atoms with E-state index in [0.29, 0.717) is 37.5 Å². The number of carbonyl (C=O) groups excluding carboxylic acids is 1. The Balaban J connectivity index is 1.44. The SMILES string of the molecule is O=C(NCC/C=C/S(=O)(=O)c1ccc(Cl)cc1)[C@H]1CCN(S(=O)(=O)N2CCCCC2)C1. The Morgan fingerprint density at radius 1 is 1.03 bits per heavy atom. The van der Waals surface area contributed by atoms with E-state index in [-0.39, 0.29) is 29.8 Å². The third-order valence-corrected chi connectivity index (χ3v) is 9.25. The normalized spacial score (nSPS) is 21.5. The molecule has 172 valence electrons. The summed E-state index contributed by atoms with van der Waals surface area (Å²) >= 11 is 5.77. The van der Waals surface area contributed by atoms with Gasteiger partial charge in [0.15, 0.2) is 9.84 Å². The summed E-state index contributed by atoms with van der Waals surface area (Å²) in [5, 5.41) is 4.35. The van der Waals surface area contributed by atoms with Gasteiger partial charge in [-0.3, -0.25) is 4.79 Å². The molecule has 1 aromatic carbocycles. The molecule has 8 nitrogen and oxygen atoms in total. The largest absolute Gasteiger partial charge is 0.356 e. The van der Waals surface area contributed by atoms with Crippen molar-refractivity contribution in [1.82, 2.24) is 13.9 Å². The zero-order valence-electron chi connectivity index (χ0n) is 17.2. The fourth-order valence-electron chi connectivity index (χ4n) is 3.73. The van der Waals surface area contributed by atoms with Crippen molar-refractivity contribution >= 4 is 37.6 Å². The molecule has 0 bridgehead atoms. The Morgan fingerprint density at radius 3 is 2.39 bits per heavy atom. The van der Waals surface area contributed by atoms with E-state index < -0.39 is 20.0 Å². The van der Waals surface area contributed by atoms with Crippen molar-refractivity contribution in [3.63, 3.8) is 0 Å². The van der Waals surface area contributed by atoms with Crippen LogP contribution in [0.25, 0.3) is 0 Å². The lowest BCUT2D eigenvalue weighted by Crippen LogP contribution is -2.45. The number of sulfone groups is 1. The number of nitrogens with one attached hydrogen (secondary N) is 1. The van der Waals surface area contributed by atoms with E-state index in [1.54, 1.807) is 0 Å². The quantitative estimate of drug-likeness (QED) is 0.563. The number of carbonyl (C=O) groups is 1. The molecular weight excluding hydrogens is 462 g/mol. The zero-order valence-corrected chi connectivity index (χ0v) is 19.6. The fraction of sp³-hybridized carbons (Fsp3) is 0.550. The molecule has 2 saturated heterocycles. The first-order chi connectivity index (χ1) is 14.7. The average Bonchev–Trinajstić information content (AvgIpc) is 3.25. The predicted octanol–water partition coefficient (Wildman–Crippen LogP) is 2.19. The van der Waals surface area contributed by atoms with Crippen molar-refractivity contribution in [3.05, 3.63) is 40.8 Å². The lowest BCUT2D eigenvalue weighted by Gasteiger charge is -2.30. The van der Waals surface area contributed by atoms with Crippen molar-refractivity contribution in [1.29, 1.82) is 0 Å². The molecule has 2 aliphatic heterocycles. The van der Waals surface area contributed by atoms with E-state index in [2.05, 4.69) is 5.32 Å². The molecule has 2 aliphatic rings. The molecule has 1 atom stereocenters.